The van der Waals surface area contributed by atoms with Crippen LogP contribution in [0.4, 0.5) is 0 Å². The molecule has 2 heterocycles. The van der Waals surface area contributed by atoms with Gasteiger partial charge in [-0.3, -0.25) is 9.59 Å². The number of rotatable bonds is 6. The number of nitrogens with zero attached hydrogens (tertiary/aromatic N) is 2. The first-order valence-electron chi connectivity index (χ1n) is 9.02. The minimum atomic E-state index is -0.320. The van der Waals surface area contributed by atoms with Gasteiger partial charge in [0.2, 0.25) is 5.91 Å². The van der Waals surface area contributed by atoms with E-state index in [4.69, 9.17) is 0 Å². The number of methoxy groups -OCH3 is 1. The first-order chi connectivity index (χ1) is 10.9. The maximum absolute atomic E-state index is 11.8. The van der Waals surface area contributed by atoms with Crippen molar-refractivity contribution < 1.29 is 14.3 Å². The molecule has 2 fully saturated rings. The molecule has 0 bridgehead atoms. The summed E-state index contributed by atoms with van der Waals surface area (Å²) in [5.74, 6) is 0.608. The van der Waals surface area contributed by atoms with Gasteiger partial charge in [0, 0.05) is 12.5 Å². The summed E-state index contributed by atoms with van der Waals surface area (Å²) in [5.41, 5.74) is 0. The maximum Gasteiger partial charge on any atom is 0.325 e. The lowest BCUT2D eigenvalue weighted by Crippen LogP contribution is -2.38. The molecule has 23 heavy (non-hydrogen) atoms. The van der Waals surface area contributed by atoms with E-state index in [1.54, 1.807) is 4.90 Å². The third-order valence-electron chi connectivity index (χ3n) is 4.19. The van der Waals surface area contributed by atoms with Crippen LogP contribution < -0.4 is 0 Å². The Hall–Kier alpha value is -1.10. The summed E-state index contributed by atoms with van der Waals surface area (Å²) >= 11 is 0. The van der Waals surface area contributed by atoms with Gasteiger partial charge in [0.25, 0.3) is 0 Å². The number of hydrogen-bond donors (Lipinski definition) is 0. The van der Waals surface area contributed by atoms with Gasteiger partial charge in [-0.25, -0.2) is 0 Å². The van der Waals surface area contributed by atoms with E-state index in [9.17, 15) is 9.59 Å². The zero-order valence-electron chi connectivity index (χ0n) is 15.3. The molecule has 5 nitrogen and oxygen atoms in total. The number of likely N-dealkylation sites (tertiary alicyclic amines) is 2. The molecule has 0 N–H and O–H groups in total. The Morgan fingerprint density at radius 1 is 1.26 bits per heavy atom. The lowest BCUT2D eigenvalue weighted by atomic mass is 10.1. The van der Waals surface area contributed by atoms with Crippen LogP contribution >= 0.6 is 0 Å². The van der Waals surface area contributed by atoms with Crippen molar-refractivity contribution in [2.45, 2.75) is 65.3 Å². The highest BCUT2D eigenvalue weighted by Gasteiger charge is 2.32. The molecule has 2 saturated heterocycles. The fraction of sp³-hybridized carbons (Fsp3) is 0.889. The van der Waals surface area contributed by atoms with Crippen LogP contribution in [-0.4, -0.2) is 61.0 Å². The molecule has 2 aliphatic rings. The second-order valence-electron chi connectivity index (χ2n) is 7.21. The van der Waals surface area contributed by atoms with Gasteiger partial charge in [-0.2, -0.15) is 0 Å². The van der Waals surface area contributed by atoms with Crippen molar-refractivity contribution in [2.75, 3.05) is 33.3 Å². The van der Waals surface area contributed by atoms with Gasteiger partial charge in [0.05, 0.1) is 7.11 Å². The summed E-state index contributed by atoms with van der Waals surface area (Å²) in [5, 5.41) is 0. The summed E-state index contributed by atoms with van der Waals surface area (Å²) in [6.45, 7) is 10.2. The molecule has 0 aromatic rings. The minimum Gasteiger partial charge on any atom is -0.468 e. The molecule has 0 aromatic carbocycles. The minimum absolute atomic E-state index is 0.0940. The summed E-state index contributed by atoms with van der Waals surface area (Å²) < 4.78 is 4.65. The second kappa shape index (κ2) is 10.6. The predicted octanol–water partition coefficient (Wildman–Crippen LogP) is 2.69. The number of esters is 1. The second-order valence-corrected chi connectivity index (χ2v) is 7.21. The van der Waals surface area contributed by atoms with Crippen molar-refractivity contribution in [2.24, 2.45) is 5.92 Å². The quantitative estimate of drug-likeness (QED) is 0.704. The number of ether oxygens (including phenoxy) is 1. The molecule has 1 unspecified atom stereocenters. The van der Waals surface area contributed by atoms with E-state index in [1.165, 1.54) is 33.0 Å². The first-order valence-corrected chi connectivity index (χ1v) is 9.02. The van der Waals surface area contributed by atoms with Crippen molar-refractivity contribution in [3.63, 3.8) is 0 Å². The molecular weight excluding hydrogens is 292 g/mol. The smallest absolute Gasteiger partial charge is 0.325 e. The van der Waals surface area contributed by atoms with Gasteiger partial charge < -0.3 is 14.5 Å². The lowest BCUT2D eigenvalue weighted by Gasteiger charge is -2.24. The van der Waals surface area contributed by atoms with Crippen LogP contribution in [0.2, 0.25) is 0 Å². The van der Waals surface area contributed by atoms with E-state index in [1.807, 2.05) is 0 Å². The summed E-state index contributed by atoms with van der Waals surface area (Å²) in [6, 6.07) is 0.231. The van der Waals surface area contributed by atoms with Crippen LogP contribution in [0.25, 0.3) is 0 Å². The topological polar surface area (TPSA) is 49.9 Å². The van der Waals surface area contributed by atoms with Crippen molar-refractivity contribution in [1.82, 2.24) is 9.80 Å². The Bertz CT molecular complexity index is 363. The predicted molar refractivity (Wildman–Crippen MR) is 92.2 cm³/mol. The Morgan fingerprint density at radius 3 is 2.43 bits per heavy atom. The van der Waals surface area contributed by atoms with E-state index >= 15 is 0 Å². The van der Waals surface area contributed by atoms with Crippen LogP contribution in [0, 0.1) is 5.92 Å². The van der Waals surface area contributed by atoms with Crippen molar-refractivity contribution in [3.05, 3.63) is 0 Å². The van der Waals surface area contributed by atoms with E-state index in [0.29, 0.717) is 6.42 Å². The van der Waals surface area contributed by atoms with Gasteiger partial charge in [0.1, 0.15) is 6.54 Å². The Morgan fingerprint density at radius 2 is 1.87 bits per heavy atom. The third kappa shape index (κ3) is 7.82. The average molecular weight is 326 g/mol. The molecule has 0 spiro atoms. The van der Waals surface area contributed by atoms with Crippen LogP contribution in [-0.2, 0) is 14.3 Å². The molecule has 1 amide bonds. The van der Waals surface area contributed by atoms with E-state index in [2.05, 4.69) is 30.4 Å². The molecule has 0 aliphatic carbocycles. The molecule has 2 aliphatic heterocycles. The normalized spacial score (nSPS) is 21.5. The molecule has 0 saturated carbocycles. The number of amides is 1. The van der Waals surface area contributed by atoms with Crippen LogP contribution in [0.3, 0.4) is 0 Å². The Balaban J connectivity index is 0.000000593. The summed E-state index contributed by atoms with van der Waals surface area (Å²) in [6.07, 6.45) is 6.20. The average Bonchev–Trinajstić information content (AvgIpc) is 3.11. The molecule has 0 radical (unpaired) electrons. The zero-order valence-corrected chi connectivity index (χ0v) is 15.3. The molecule has 134 valence electrons. The van der Waals surface area contributed by atoms with Gasteiger partial charge >= 0.3 is 5.97 Å². The van der Waals surface area contributed by atoms with Crippen LogP contribution in [0.15, 0.2) is 0 Å². The molecule has 5 heteroatoms. The van der Waals surface area contributed by atoms with Crippen LogP contribution in [0.1, 0.15) is 59.3 Å². The summed E-state index contributed by atoms with van der Waals surface area (Å²) in [7, 11) is 1.37. The van der Waals surface area contributed by atoms with Crippen molar-refractivity contribution in [3.8, 4) is 0 Å². The van der Waals surface area contributed by atoms with Crippen LogP contribution in [0.5, 0.6) is 0 Å². The Kier molecular flexibility index (Phi) is 9.22. The molecule has 1 atom stereocenters. The molecule has 0 aromatic heterocycles. The largest absolute Gasteiger partial charge is 0.468 e. The Labute approximate surface area is 141 Å². The standard InChI is InChI=1S/C14H24N2O3.C4H10/c1-19-14(18)11-16-12(6-7-13(16)17)5-4-10-15-8-2-3-9-15;1-4(2)3/h12H,2-11H2,1H3;4H,1-3H3. The molecular formula is C18H34N2O3. The van der Waals surface area contributed by atoms with Gasteiger partial charge in [-0.05, 0) is 57.7 Å². The first kappa shape index (κ1) is 19.9. The highest BCUT2D eigenvalue weighted by Crippen LogP contribution is 2.23. The van der Waals surface area contributed by atoms with Crippen molar-refractivity contribution in [1.29, 1.82) is 0 Å². The third-order valence-corrected chi connectivity index (χ3v) is 4.19. The number of carbonyl (C=O) groups is 2. The highest BCUT2D eigenvalue weighted by atomic mass is 16.5. The van der Waals surface area contributed by atoms with Crippen molar-refractivity contribution >= 4 is 11.9 Å². The maximum atomic E-state index is 11.8. The van der Waals surface area contributed by atoms with Gasteiger partial charge in [0.15, 0.2) is 0 Å². The monoisotopic (exact) mass is 326 g/mol. The SMILES string of the molecule is CC(C)C.COC(=O)CN1C(=O)CCC1CCCN1CCCC1. The fourth-order valence-corrected chi connectivity index (χ4v) is 3.07. The van der Waals surface area contributed by atoms with E-state index < -0.39 is 0 Å². The van der Waals surface area contributed by atoms with Gasteiger partial charge in [-0.15, -0.1) is 0 Å². The zero-order chi connectivity index (χ0) is 17.2. The number of carbonyl (C=O) groups excluding carboxylic acids is 2. The van der Waals surface area contributed by atoms with E-state index in [-0.39, 0.29) is 24.5 Å². The lowest BCUT2D eigenvalue weighted by molar-refractivity contribution is -0.146. The fourth-order valence-electron chi connectivity index (χ4n) is 3.07. The van der Waals surface area contributed by atoms with E-state index in [0.717, 1.165) is 31.7 Å². The molecule has 2 rings (SSSR count). The number of hydrogen-bond acceptors (Lipinski definition) is 4. The highest BCUT2D eigenvalue weighted by molar-refractivity contribution is 5.83. The summed E-state index contributed by atoms with van der Waals surface area (Å²) in [4.78, 5) is 27.3. The van der Waals surface area contributed by atoms with Gasteiger partial charge in [-0.1, -0.05) is 20.8 Å².